The third-order valence-electron chi connectivity index (χ3n) is 6.14. The molecular weight excluding hydrogens is 418 g/mol. The summed E-state index contributed by atoms with van der Waals surface area (Å²) < 4.78 is 5.15. The molecular formula is C26H33N3O4. The summed E-state index contributed by atoms with van der Waals surface area (Å²) in [6, 6.07) is 13.7. The average Bonchev–Trinajstić information content (AvgIpc) is 2.85. The first-order chi connectivity index (χ1) is 15.9. The van der Waals surface area contributed by atoms with Gasteiger partial charge in [-0.25, -0.2) is 0 Å². The topological polar surface area (TPSA) is 87.7 Å². The van der Waals surface area contributed by atoms with Gasteiger partial charge in [0, 0.05) is 30.8 Å². The molecule has 0 spiro atoms. The average molecular weight is 452 g/mol. The molecule has 0 bridgehead atoms. The number of nitrogens with one attached hydrogen (secondary N) is 2. The van der Waals surface area contributed by atoms with E-state index < -0.39 is 6.04 Å². The van der Waals surface area contributed by atoms with Crippen LogP contribution in [0.4, 0.5) is 0 Å². The predicted molar refractivity (Wildman–Crippen MR) is 127 cm³/mol. The molecule has 176 valence electrons. The van der Waals surface area contributed by atoms with Gasteiger partial charge < -0.3 is 20.3 Å². The van der Waals surface area contributed by atoms with Gasteiger partial charge in [0.1, 0.15) is 11.8 Å². The molecule has 0 aromatic heterocycles. The summed E-state index contributed by atoms with van der Waals surface area (Å²) in [6.45, 7) is 5.57. The molecule has 3 amide bonds. The van der Waals surface area contributed by atoms with Crippen molar-refractivity contribution >= 4 is 17.7 Å². The first-order valence-corrected chi connectivity index (χ1v) is 11.5. The fraction of sp³-hybridized carbons (Fsp3) is 0.423. The van der Waals surface area contributed by atoms with Gasteiger partial charge in [-0.05, 0) is 68.0 Å². The maximum Gasteiger partial charge on any atom is 0.254 e. The second kappa shape index (κ2) is 11.5. The fourth-order valence-electron chi connectivity index (χ4n) is 4.14. The Morgan fingerprint density at radius 3 is 2.33 bits per heavy atom. The molecule has 1 aliphatic heterocycles. The number of hydrogen-bond acceptors (Lipinski definition) is 4. The van der Waals surface area contributed by atoms with E-state index in [0.29, 0.717) is 49.4 Å². The molecule has 7 heteroatoms. The molecule has 1 aliphatic rings. The van der Waals surface area contributed by atoms with Crippen molar-refractivity contribution in [3.05, 3.63) is 65.2 Å². The van der Waals surface area contributed by atoms with Crippen molar-refractivity contribution in [2.45, 2.75) is 39.2 Å². The van der Waals surface area contributed by atoms with Crippen LogP contribution < -0.4 is 15.4 Å². The van der Waals surface area contributed by atoms with E-state index in [1.807, 2.05) is 43.0 Å². The number of hydrogen-bond donors (Lipinski definition) is 2. The summed E-state index contributed by atoms with van der Waals surface area (Å²) >= 11 is 0. The number of piperidine rings is 1. The van der Waals surface area contributed by atoms with E-state index in [1.54, 1.807) is 31.4 Å². The van der Waals surface area contributed by atoms with Gasteiger partial charge in [-0.2, -0.15) is 0 Å². The summed E-state index contributed by atoms with van der Waals surface area (Å²) in [5.41, 5.74) is 2.13. The van der Waals surface area contributed by atoms with E-state index >= 15 is 0 Å². The zero-order valence-corrected chi connectivity index (χ0v) is 19.6. The summed E-state index contributed by atoms with van der Waals surface area (Å²) in [4.78, 5) is 40.6. The summed E-state index contributed by atoms with van der Waals surface area (Å²) in [5, 5.41) is 5.86. The van der Waals surface area contributed by atoms with E-state index in [4.69, 9.17) is 4.74 Å². The van der Waals surface area contributed by atoms with Gasteiger partial charge in [0.05, 0.1) is 7.11 Å². The largest absolute Gasteiger partial charge is 0.497 e. The van der Waals surface area contributed by atoms with Gasteiger partial charge in [-0.3, -0.25) is 14.4 Å². The lowest BCUT2D eigenvalue weighted by atomic mass is 9.88. The van der Waals surface area contributed by atoms with Crippen LogP contribution in [0.15, 0.2) is 48.5 Å². The van der Waals surface area contributed by atoms with E-state index in [2.05, 4.69) is 10.6 Å². The second-order valence-electron chi connectivity index (χ2n) is 8.42. The summed E-state index contributed by atoms with van der Waals surface area (Å²) in [5.74, 6) is 0.148. The van der Waals surface area contributed by atoms with Gasteiger partial charge in [-0.15, -0.1) is 0 Å². The Bertz CT molecular complexity index is 966. The highest BCUT2D eigenvalue weighted by Gasteiger charge is 2.34. The molecule has 2 aromatic carbocycles. The lowest BCUT2D eigenvalue weighted by molar-refractivity contribution is -0.124. The van der Waals surface area contributed by atoms with Gasteiger partial charge in [0.25, 0.3) is 11.8 Å². The van der Waals surface area contributed by atoms with Crippen molar-refractivity contribution in [1.29, 1.82) is 0 Å². The van der Waals surface area contributed by atoms with E-state index in [0.717, 1.165) is 12.0 Å². The number of methoxy groups -OCH3 is 1. The number of benzene rings is 2. The molecule has 0 unspecified atom stereocenters. The van der Waals surface area contributed by atoms with Crippen molar-refractivity contribution in [1.82, 2.24) is 15.5 Å². The minimum Gasteiger partial charge on any atom is -0.497 e. The summed E-state index contributed by atoms with van der Waals surface area (Å²) in [6.07, 6.45) is 2.10. The number of rotatable bonds is 8. The lowest BCUT2D eigenvalue weighted by Gasteiger charge is -2.36. The lowest BCUT2D eigenvalue weighted by Crippen LogP contribution is -2.54. The van der Waals surface area contributed by atoms with E-state index in [1.165, 1.54) is 0 Å². The van der Waals surface area contributed by atoms with Crippen LogP contribution in [0.5, 0.6) is 5.75 Å². The minimum atomic E-state index is -0.651. The molecule has 7 nitrogen and oxygen atoms in total. The standard InChI is InChI=1S/C26H33N3O4/c1-4-15-27-25(31)23(28-24(30)20-9-11-21(33-3)12-10-20)19-13-16-29(17-14-19)26(32)22-8-6-5-7-18(22)2/h5-12,19,23H,4,13-17H2,1-3H3,(H,27,31)(H,28,30)/t23-/m0/s1. The van der Waals surface area contributed by atoms with Crippen LogP contribution in [-0.2, 0) is 4.79 Å². The molecule has 0 saturated carbocycles. The monoisotopic (exact) mass is 451 g/mol. The third-order valence-corrected chi connectivity index (χ3v) is 6.14. The van der Waals surface area contributed by atoms with E-state index in [9.17, 15) is 14.4 Å². The molecule has 33 heavy (non-hydrogen) atoms. The zero-order chi connectivity index (χ0) is 23.8. The predicted octanol–water partition coefficient (Wildman–Crippen LogP) is 3.18. The molecule has 1 heterocycles. The van der Waals surface area contributed by atoms with Crippen molar-refractivity contribution in [2.24, 2.45) is 5.92 Å². The molecule has 1 saturated heterocycles. The maximum atomic E-state index is 13.0. The highest BCUT2D eigenvalue weighted by atomic mass is 16.5. The highest BCUT2D eigenvalue weighted by molar-refractivity contribution is 5.98. The Labute approximate surface area is 195 Å². The smallest absolute Gasteiger partial charge is 0.254 e. The van der Waals surface area contributed by atoms with E-state index in [-0.39, 0.29) is 23.6 Å². The quantitative estimate of drug-likeness (QED) is 0.645. The van der Waals surface area contributed by atoms with Crippen LogP contribution in [-0.4, -0.2) is 55.4 Å². The zero-order valence-electron chi connectivity index (χ0n) is 19.6. The Balaban J connectivity index is 1.68. The third kappa shape index (κ3) is 6.12. The highest BCUT2D eigenvalue weighted by Crippen LogP contribution is 2.24. The van der Waals surface area contributed by atoms with Crippen LogP contribution in [0, 0.1) is 12.8 Å². The van der Waals surface area contributed by atoms with Crippen molar-refractivity contribution in [3.8, 4) is 5.75 Å². The Hall–Kier alpha value is -3.35. The SMILES string of the molecule is CCCNC(=O)[C@@H](NC(=O)c1ccc(OC)cc1)C1CCN(C(=O)c2ccccc2C)CC1. The van der Waals surface area contributed by atoms with Crippen molar-refractivity contribution < 1.29 is 19.1 Å². The normalized spacial score (nSPS) is 14.9. The molecule has 2 aromatic rings. The first kappa shape index (κ1) is 24.3. The Morgan fingerprint density at radius 1 is 1.06 bits per heavy atom. The van der Waals surface area contributed by atoms with Gasteiger partial charge in [0.15, 0.2) is 0 Å². The first-order valence-electron chi connectivity index (χ1n) is 11.5. The van der Waals surface area contributed by atoms with Crippen LogP contribution in [0.1, 0.15) is 52.5 Å². The van der Waals surface area contributed by atoms with Gasteiger partial charge in [0.2, 0.25) is 5.91 Å². The fourth-order valence-corrected chi connectivity index (χ4v) is 4.14. The number of likely N-dealkylation sites (tertiary alicyclic amines) is 1. The second-order valence-corrected chi connectivity index (χ2v) is 8.42. The Kier molecular flexibility index (Phi) is 8.46. The van der Waals surface area contributed by atoms with Gasteiger partial charge in [-0.1, -0.05) is 25.1 Å². The number of amides is 3. The molecule has 0 aliphatic carbocycles. The number of nitrogens with zero attached hydrogens (tertiary/aromatic N) is 1. The number of carbonyl (C=O) groups excluding carboxylic acids is 3. The summed E-state index contributed by atoms with van der Waals surface area (Å²) in [7, 11) is 1.57. The van der Waals surface area contributed by atoms with Crippen molar-refractivity contribution in [2.75, 3.05) is 26.7 Å². The molecule has 1 fully saturated rings. The van der Waals surface area contributed by atoms with Crippen LogP contribution in [0.25, 0.3) is 0 Å². The number of ether oxygens (including phenoxy) is 1. The molecule has 2 N–H and O–H groups in total. The number of carbonyl (C=O) groups is 3. The van der Waals surface area contributed by atoms with Gasteiger partial charge >= 0.3 is 0 Å². The maximum absolute atomic E-state index is 13.0. The Morgan fingerprint density at radius 2 is 1.73 bits per heavy atom. The minimum absolute atomic E-state index is 0.0146. The molecule has 3 rings (SSSR count). The van der Waals surface area contributed by atoms with Crippen LogP contribution in [0.3, 0.4) is 0 Å². The van der Waals surface area contributed by atoms with Crippen LogP contribution >= 0.6 is 0 Å². The number of aryl methyl sites for hydroxylation is 1. The molecule has 1 atom stereocenters. The van der Waals surface area contributed by atoms with Crippen molar-refractivity contribution in [3.63, 3.8) is 0 Å². The molecule has 0 radical (unpaired) electrons. The van der Waals surface area contributed by atoms with Crippen LogP contribution in [0.2, 0.25) is 0 Å².